The van der Waals surface area contributed by atoms with Crippen LogP contribution >= 0.6 is 11.3 Å². The summed E-state index contributed by atoms with van der Waals surface area (Å²) in [5.41, 5.74) is 7.90. The van der Waals surface area contributed by atoms with Gasteiger partial charge in [-0.05, 0) is 19.1 Å². The third-order valence-corrected chi connectivity index (χ3v) is 5.00. The number of benzene rings is 1. The molecular formula is C12H12N6O2S2. The average Bonchev–Trinajstić information content (AvgIpc) is 2.85. The first-order valence-electron chi connectivity index (χ1n) is 6.13. The van der Waals surface area contributed by atoms with Gasteiger partial charge in [-0.15, -0.1) is 5.10 Å². The predicted molar refractivity (Wildman–Crippen MR) is 83.1 cm³/mol. The van der Waals surface area contributed by atoms with Crippen molar-refractivity contribution in [2.45, 2.75) is 11.3 Å². The molecule has 0 saturated carbocycles. The minimum absolute atomic E-state index is 0.218. The molecule has 0 saturated heterocycles. The number of nitrogens with zero attached hydrogens (tertiary/aromatic N) is 4. The highest BCUT2D eigenvalue weighted by Gasteiger charge is 2.16. The number of sulfonamides is 1. The standard InChI is InChI=1S/C12H12N6O2S2/c1-7-2-4-8(5-3-7)15-10-6-9(13)16-11-18(10)17-12(21-11)22(14,19)20/h2-6H,13H2,1H3,(H2,14,19,20). The number of nitrogens with two attached hydrogens (primary N) is 2. The molecule has 0 fully saturated rings. The number of rotatable bonds is 2. The van der Waals surface area contributed by atoms with Gasteiger partial charge in [0.15, 0.2) is 5.49 Å². The quantitative estimate of drug-likeness (QED) is 0.706. The van der Waals surface area contributed by atoms with Crippen LogP contribution < -0.4 is 16.4 Å². The van der Waals surface area contributed by atoms with E-state index in [-0.39, 0.29) is 10.2 Å². The second kappa shape index (κ2) is 5.16. The molecule has 0 bridgehead atoms. The summed E-state index contributed by atoms with van der Waals surface area (Å²) < 4.78 is 23.9. The van der Waals surface area contributed by atoms with Crippen LogP contribution in [-0.2, 0) is 10.0 Å². The number of aryl methyl sites for hydroxylation is 1. The van der Waals surface area contributed by atoms with Gasteiger partial charge in [-0.25, -0.2) is 23.5 Å². The van der Waals surface area contributed by atoms with E-state index in [0.717, 1.165) is 16.9 Å². The van der Waals surface area contributed by atoms with Crippen LogP contribution in [0.25, 0.3) is 4.96 Å². The monoisotopic (exact) mass is 336 g/mol. The van der Waals surface area contributed by atoms with Gasteiger partial charge < -0.3 is 5.73 Å². The van der Waals surface area contributed by atoms with Gasteiger partial charge in [0.05, 0.1) is 5.69 Å². The summed E-state index contributed by atoms with van der Waals surface area (Å²) >= 11 is 0.833. The SMILES string of the molecule is Cc1ccc(N=c2cc(N)nc3sc(S(N)(=O)=O)nn23)cc1. The summed E-state index contributed by atoms with van der Waals surface area (Å²) in [7, 11) is -3.91. The maximum Gasteiger partial charge on any atom is 0.267 e. The second-order valence-corrected chi connectivity index (χ2v) is 7.29. The van der Waals surface area contributed by atoms with Gasteiger partial charge in [0.25, 0.3) is 10.0 Å². The van der Waals surface area contributed by atoms with Crippen LogP contribution in [0.2, 0.25) is 0 Å². The molecule has 3 aromatic rings. The minimum Gasteiger partial charge on any atom is -0.383 e. The summed E-state index contributed by atoms with van der Waals surface area (Å²) in [6, 6.07) is 9.03. The Kier molecular flexibility index (Phi) is 3.43. The molecule has 0 aliphatic carbocycles. The van der Waals surface area contributed by atoms with E-state index in [1.165, 1.54) is 10.6 Å². The highest BCUT2D eigenvalue weighted by Crippen LogP contribution is 2.16. The largest absolute Gasteiger partial charge is 0.383 e. The van der Waals surface area contributed by atoms with Crippen molar-refractivity contribution in [2.75, 3.05) is 5.73 Å². The predicted octanol–water partition coefficient (Wildman–Crippen LogP) is 0.561. The fraction of sp³-hybridized carbons (Fsp3) is 0.0833. The Balaban J connectivity index is 2.28. The second-order valence-electron chi connectivity index (χ2n) is 4.59. The maximum absolute atomic E-state index is 11.4. The van der Waals surface area contributed by atoms with Crippen molar-refractivity contribution in [3.8, 4) is 0 Å². The molecule has 4 N–H and O–H groups in total. The number of primary sulfonamides is 1. The smallest absolute Gasteiger partial charge is 0.267 e. The fourth-order valence-corrected chi connectivity index (χ4v) is 3.30. The van der Waals surface area contributed by atoms with E-state index in [0.29, 0.717) is 16.1 Å². The van der Waals surface area contributed by atoms with Crippen LogP contribution in [0.5, 0.6) is 0 Å². The normalized spacial score (nSPS) is 12.9. The molecule has 2 heterocycles. The van der Waals surface area contributed by atoms with Gasteiger partial charge in [0.2, 0.25) is 9.30 Å². The molecule has 2 aromatic heterocycles. The topological polar surface area (TPSA) is 129 Å². The van der Waals surface area contributed by atoms with Crippen LogP contribution in [0.3, 0.4) is 0 Å². The molecule has 0 radical (unpaired) electrons. The zero-order valence-corrected chi connectivity index (χ0v) is 13.1. The zero-order chi connectivity index (χ0) is 15.9. The van der Waals surface area contributed by atoms with Crippen LogP contribution in [0.1, 0.15) is 5.56 Å². The Morgan fingerprint density at radius 1 is 1.27 bits per heavy atom. The molecule has 22 heavy (non-hydrogen) atoms. The van der Waals surface area contributed by atoms with Crippen molar-refractivity contribution in [3.05, 3.63) is 41.4 Å². The van der Waals surface area contributed by atoms with Crippen molar-refractivity contribution in [1.29, 1.82) is 0 Å². The van der Waals surface area contributed by atoms with E-state index in [1.54, 1.807) is 0 Å². The Labute approximate surface area is 129 Å². The summed E-state index contributed by atoms with van der Waals surface area (Å²) in [4.78, 5) is 8.76. The molecule has 0 aliphatic rings. The van der Waals surface area contributed by atoms with Crippen molar-refractivity contribution >= 4 is 37.8 Å². The van der Waals surface area contributed by atoms with E-state index in [1.807, 2.05) is 31.2 Å². The molecule has 0 unspecified atom stereocenters. The van der Waals surface area contributed by atoms with E-state index in [9.17, 15) is 8.42 Å². The van der Waals surface area contributed by atoms with Gasteiger partial charge in [0.1, 0.15) is 5.82 Å². The molecule has 0 spiro atoms. The lowest BCUT2D eigenvalue weighted by atomic mass is 10.2. The Hall–Kier alpha value is -2.30. The summed E-state index contributed by atoms with van der Waals surface area (Å²) in [5, 5.41) is 9.04. The highest BCUT2D eigenvalue weighted by atomic mass is 32.2. The van der Waals surface area contributed by atoms with Gasteiger partial charge in [-0.1, -0.05) is 29.0 Å². The van der Waals surface area contributed by atoms with E-state index < -0.39 is 10.0 Å². The molecule has 0 amide bonds. The van der Waals surface area contributed by atoms with Crippen LogP contribution in [-0.4, -0.2) is 23.0 Å². The number of nitrogen functional groups attached to an aromatic ring is 1. The van der Waals surface area contributed by atoms with E-state index in [2.05, 4.69) is 15.1 Å². The van der Waals surface area contributed by atoms with Crippen LogP contribution in [0.15, 0.2) is 39.7 Å². The first-order valence-corrected chi connectivity index (χ1v) is 8.50. The number of hydrogen-bond acceptors (Lipinski definition) is 7. The lowest BCUT2D eigenvalue weighted by molar-refractivity contribution is 0.594. The van der Waals surface area contributed by atoms with Crippen LogP contribution in [0, 0.1) is 6.92 Å². The molecule has 0 aliphatic heterocycles. The first-order chi connectivity index (χ1) is 10.3. The van der Waals surface area contributed by atoms with Crippen LogP contribution in [0.4, 0.5) is 11.5 Å². The number of aromatic nitrogens is 3. The molecular weight excluding hydrogens is 324 g/mol. The lowest BCUT2D eigenvalue weighted by Crippen LogP contribution is -2.18. The third kappa shape index (κ3) is 2.84. The zero-order valence-electron chi connectivity index (χ0n) is 11.5. The average molecular weight is 336 g/mol. The molecule has 0 atom stereocenters. The lowest BCUT2D eigenvalue weighted by Gasteiger charge is -1.97. The van der Waals surface area contributed by atoms with Gasteiger partial charge in [0, 0.05) is 6.07 Å². The molecule has 114 valence electrons. The van der Waals surface area contributed by atoms with Crippen molar-refractivity contribution in [2.24, 2.45) is 10.1 Å². The Bertz CT molecular complexity index is 1020. The van der Waals surface area contributed by atoms with E-state index in [4.69, 9.17) is 10.9 Å². The Morgan fingerprint density at radius 2 is 1.95 bits per heavy atom. The van der Waals surface area contributed by atoms with E-state index >= 15 is 0 Å². The van der Waals surface area contributed by atoms with Gasteiger partial charge >= 0.3 is 0 Å². The van der Waals surface area contributed by atoms with Crippen molar-refractivity contribution in [3.63, 3.8) is 0 Å². The molecule has 8 nitrogen and oxygen atoms in total. The highest BCUT2D eigenvalue weighted by molar-refractivity contribution is 7.91. The number of anilines is 1. The maximum atomic E-state index is 11.4. The molecule has 10 heteroatoms. The van der Waals surface area contributed by atoms with Crippen molar-refractivity contribution < 1.29 is 8.42 Å². The van der Waals surface area contributed by atoms with Gasteiger partial charge in [-0.3, -0.25) is 0 Å². The molecule has 1 aromatic carbocycles. The Morgan fingerprint density at radius 3 is 2.59 bits per heavy atom. The number of hydrogen-bond donors (Lipinski definition) is 2. The molecule has 3 rings (SSSR count). The van der Waals surface area contributed by atoms with Crippen molar-refractivity contribution in [1.82, 2.24) is 14.6 Å². The number of fused-ring (bicyclic) bond motifs is 1. The third-order valence-electron chi connectivity index (χ3n) is 2.78. The van der Waals surface area contributed by atoms with Gasteiger partial charge in [-0.2, -0.15) is 4.52 Å². The fourth-order valence-electron chi connectivity index (χ4n) is 1.77. The first kappa shape index (κ1) is 14.6. The summed E-state index contributed by atoms with van der Waals surface area (Å²) in [6.07, 6.45) is 0. The minimum atomic E-state index is -3.91. The summed E-state index contributed by atoms with van der Waals surface area (Å²) in [5.74, 6) is 0.218. The summed E-state index contributed by atoms with van der Waals surface area (Å²) in [6.45, 7) is 1.97.